The van der Waals surface area contributed by atoms with Gasteiger partial charge in [-0.2, -0.15) is 0 Å². The Balaban J connectivity index is 2.12. The number of aromatic hydroxyl groups is 1. The molecule has 3 aromatic rings. The fourth-order valence-electron chi connectivity index (χ4n) is 2.25. The summed E-state index contributed by atoms with van der Waals surface area (Å²) in [4.78, 5) is 2.84. The number of nitrogens with zero attached hydrogens (tertiary/aromatic N) is 3. The Morgan fingerprint density at radius 1 is 1.12 bits per heavy atom. The standard InChI is InChI=1S/C16H15ClN4O3S/c1-21(2)25(23,24)10-7-8-13-11(9-10)15(16(22)18-13)20-19-14-6-4-3-5-12(14)17/h3-9,18,22H,1-2H3. The van der Waals surface area contributed by atoms with E-state index in [1.807, 2.05) is 0 Å². The fraction of sp³-hybridized carbons (Fsp3) is 0.125. The molecule has 2 aromatic carbocycles. The molecule has 0 atom stereocenters. The van der Waals surface area contributed by atoms with E-state index in [1.165, 1.54) is 26.2 Å². The number of aromatic nitrogens is 1. The van der Waals surface area contributed by atoms with Crippen molar-refractivity contribution in [1.82, 2.24) is 9.29 Å². The summed E-state index contributed by atoms with van der Waals surface area (Å²) in [6.45, 7) is 0. The minimum absolute atomic E-state index is 0.0955. The predicted octanol–water partition coefficient (Wildman–Crippen LogP) is 4.19. The number of rotatable bonds is 4. The van der Waals surface area contributed by atoms with Gasteiger partial charge in [0.1, 0.15) is 5.69 Å². The van der Waals surface area contributed by atoms with Gasteiger partial charge < -0.3 is 10.1 Å². The van der Waals surface area contributed by atoms with E-state index in [0.717, 1.165) is 4.31 Å². The Labute approximate surface area is 149 Å². The highest BCUT2D eigenvalue weighted by molar-refractivity contribution is 7.89. The van der Waals surface area contributed by atoms with Crippen LogP contribution >= 0.6 is 11.6 Å². The van der Waals surface area contributed by atoms with Gasteiger partial charge in [0.15, 0.2) is 5.69 Å². The number of aromatic amines is 1. The van der Waals surface area contributed by atoms with E-state index >= 15 is 0 Å². The Bertz CT molecular complexity index is 1070. The van der Waals surface area contributed by atoms with Crippen molar-refractivity contribution in [2.45, 2.75) is 4.90 Å². The van der Waals surface area contributed by atoms with Gasteiger partial charge in [-0.3, -0.25) is 0 Å². The highest BCUT2D eigenvalue weighted by Gasteiger charge is 2.20. The molecule has 0 aliphatic rings. The van der Waals surface area contributed by atoms with Crippen LogP contribution in [0.3, 0.4) is 0 Å². The number of sulfonamides is 1. The van der Waals surface area contributed by atoms with Crippen molar-refractivity contribution in [3.63, 3.8) is 0 Å². The van der Waals surface area contributed by atoms with Gasteiger partial charge in [-0.1, -0.05) is 23.7 Å². The monoisotopic (exact) mass is 378 g/mol. The molecule has 0 radical (unpaired) electrons. The third-order valence-electron chi connectivity index (χ3n) is 3.61. The molecule has 7 nitrogen and oxygen atoms in total. The van der Waals surface area contributed by atoms with Crippen LogP contribution in [0.5, 0.6) is 5.88 Å². The molecule has 9 heteroatoms. The molecule has 1 aromatic heterocycles. The molecule has 0 aliphatic heterocycles. The van der Waals surface area contributed by atoms with Crippen LogP contribution in [0.4, 0.5) is 11.4 Å². The number of azo groups is 1. The Morgan fingerprint density at radius 2 is 1.84 bits per heavy atom. The lowest BCUT2D eigenvalue weighted by molar-refractivity contribution is 0.459. The van der Waals surface area contributed by atoms with Crippen molar-refractivity contribution in [2.75, 3.05) is 14.1 Å². The summed E-state index contributed by atoms with van der Waals surface area (Å²) in [7, 11) is -0.704. The molecular formula is C16H15ClN4O3S. The van der Waals surface area contributed by atoms with Crippen LogP contribution in [-0.2, 0) is 10.0 Å². The summed E-state index contributed by atoms with van der Waals surface area (Å²) < 4.78 is 25.7. The van der Waals surface area contributed by atoms with E-state index in [2.05, 4.69) is 15.2 Å². The molecule has 0 saturated heterocycles. The number of benzene rings is 2. The zero-order valence-corrected chi connectivity index (χ0v) is 15.0. The second-order valence-electron chi connectivity index (χ2n) is 5.47. The van der Waals surface area contributed by atoms with Crippen LogP contribution in [0.1, 0.15) is 0 Å². The molecule has 0 unspecified atom stereocenters. The number of H-pyrrole nitrogens is 1. The maximum atomic E-state index is 12.3. The minimum atomic E-state index is -3.61. The third kappa shape index (κ3) is 3.23. The maximum Gasteiger partial charge on any atom is 0.242 e. The lowest BCUT2D eigenvalue weighted by atomic mass is 10.2. The Hall–Kier alpha value is -2.42. The molecule has 0 aliphatic carbocycles. The second kappa shape index (κ2) is 6.47. The van der Waals surface area contributed by atoms with Gasteiger partial charge in [-0.05, 0) is 30.3 Å². The normalized spacial score (nSPS) is 12.5. The van der Waals surface area contributed by atoms with Crippen LogP contribution in [0.2, 0.25) is 5.02 Å². The van der Waals surface area contributed by atoms with E-state index in [1.54, 1.807) is 30.3 Å². The van der Waals surface area contributed by atoms with E-state index in [4.69, 9.17) is 11.6 Å². The summed E-state index contributed by atoms with van der Waals surface area (Å²) in [6.07, 6.45) is 0. The van der Waals surface area contributed by atoms with Crippen molar-refractivity contribution in [1.29, 1.82) is 0 Å². The molecule has 0 saturated carbocycles. The SMILES string of the molecule is CN(C)S(=O)(=O)c1ccc2[nH]c(O)c(N=Nc3ccccc3Cl)c2c1. The summed E-state index contributed by atoms with van der Waals surface area (Å²) in [5.74, 6) is -0.204. The lowest BCUT2D eigenvalue weighted by Gasteiger charge is -2.11. The number of hydrogen-bond donors (Lipinski definition) is 2. The molecule has 130 valence electrons. The molecule has 3 rings (SSSR count). The smallest absolute Gasteiger partial charge is 0.242 e. The summed E-state index contributed by atoms with van der Waals surface area (Å²) >= 11 is 6.03. The first-order chi connectivity index (χ1) is 11.8. The molecule has 1 heterocycles. The van der Waals surface area contributed by atoms with Crippen LogP contribution in [0.15, 0.2) is 57.6 Å². The average Bonchev–Trinajstić information content (AvgIpc) is 2.88. The zero-order valence-electron chi connectivity index (χ0n) is 13.4. The van der Waals surface area contributed by atoms with Crippen molar-refractivity contribution >= 4 is 43.9 Å². The van der Waals surface area contributed by atoms with Crippen LogP contribution in [0, 0.1) is 0 Å². The summed E-state index contributed by atoms with van der Waals surface area (Å²) in [5, 5.41) is 19.0. The number of fused-ring (bicyclic) bond motifs is 1. The molecule has 25 heavy (non-hydrogen) atoms. The van der Waals surface area contributed by atoms with Crippen LogP contribution < -0.4 is 0 Å². The minimum Gasteiger partial charge on any atom is -0.493 e. The third-order valence-corrected chi connectivity index (χ3v) is 5.74. The van der Waals surface area contributed by atoms with E-state index in [9.17, 15) is 13.5 Å². The van der Waals surface area contributed by atoms with Gasteiger partial charge in [0.25, 0.3) is 0 Å². The molecule has 0 amide bonds. The molecule has 0 fully saturated rings. The fourth-order valence-corrected chi connectivity index (χ4v) is 3.35. The second-order valence-corrected chi connectivity index (χ2v) is 8.03. The topological polar surface area (TPSA) is 98.1 Å². The predicted molar refractivity (Wildman–Crippen MR) is 96.5 cm³/mol. The van der Waals surface area contributed by atoms with Crippen LogP contribution in [0.25, 0.3) is 10.9 Å². The van der Waals surface area contributed by atoms with Crippen molar-refractivity contribution in [3.05, 3.63) is 47.5 Å². The van der Waals surface area contributed by atoms with Crippen LogP contribution in [-0.4, -0.2) is 36.9 Å². The van der Waals surface area contributed by atoms with Crippen molar-refractivity contribution in [3.8, 4) is 5.88 Å². The largest absolute Gasteiger partial charge is 0.493 e. The molecule has 0 bridgehead atoms. The zero-order chi connectivity index (χ0) is 18.2. The quantitative estimate of drug-likeness (QED) is 0.666. The van der Waals surface area contributed by atoms with Gasteiger partial charge >= 0.3 is 0 Å². The summed E-state index contributed by atoms with van der Waals surface area (Å²) in [5.41, 5.74) is 1.13. The molecule has 2 N–H and O–H groups in total. The first kappa shape index (κ1) is 17.4. The number of nitrogens with one attached hydrogen (secondary N) is 1. The maximum absolute atomic E-state index is 12.3. The molecule has 0 spiro atoms. The highest BCUT2D eigenvalue weighted by atomic mass is 35.5. The first-order valence-electron chi connectivity index (χ1n) is 7.24. The number of hydrogen-bond acceptors (Lipinski definition) is 5. The Kier molecular flexibility index (Phi) is 4.51. The summed E-state index contributed by atoms with van der Waals surface area (Å²) in [6, 6.07) is 11.4. The molecular weight excluding hydrogens is 364 g/mol. The van der Waals surface area contributed by atoms with Gasteiger partial charge in [0.2, 0.25) is 15.9 Å². The average molecular weight is 379 g/mol. The van der Waals surface area contributed by atoms with E-state index in [-0.39, 0.29) is 16.5 Å². The highest BCUT2D eigenvalue weighted by Crippen LogP contribution is 2.38. The van der Waals surface area contributed by atoms with Crippen molar-refractivity contribution < 1.29 is 13.5 Å². The first-order valence-corrected chi connectivity index (χ1v) is 9.06. The van der Waals surface area contributed by atoms with Gasteiger partial charge in [0.05, 0.1) is 15.4 Å². The lowest BCUT2D eigenvalue weighted by Crippen LogP contribution is -2.22. The van der Waals surface area contributed by atoms with Crippen molar-refractivity contribution in [2.24, 2.45) is 10.2 Å². The van der Waals surface area contributed by atoms with E-state index < -0.39 is 10.0 Å². The van der Waals surface area contributed by atoms with Gasteiger partial charge in [-0.15, -0.1) is 10.2 Å². The Morgan fingerprint density at radius 3 is 2.52 bits per heavy atom. The van der Waals surface area contributed by atoms with E-state index in [0.29, 0.717) is 21.6 Å². The van der Waals surface area contributed by atoms with Gasteiger partial charge in [-0.25, -0.2) is 12.7 Å². The number of halogens is 1. The van der Waals surface area contributed by atoms with Gasteiger partial charge in [0, 0.05) is 19.5 Å².